The summed E-state index contributed by atoms with van der Waals surface area (Å²) in [5.41, 5.74) is -0.365. The summed E-state index contributed by atoms with van der Waals surface area (Å²) in [7, 11) is 1.23. The van der Waals surface area contributed by atoms with Crippen molar-refractivity contribution in [3.63, 3.8) is 0 Å². The highest BCUT2D eigenvalue weighted by Gasteiger charge is 2.36. The number of allylic oxidation sites excluding steroid dienone is 2. The Balaban J connectivity index is 2.84. The Bertz CT molecular complexity index is 671. The molecule has 1 aliphatic rings. The summed E-state index contributed by atoms with van der Waals surface area (Å²) >= 11 is 0. The first kappa shape index (κ1) is 15.1. The summed E-state index contributed by atoms with van der Waals surface area (Å²) in [6.07, 6.45) is 0.196. The molecule has 1 aliphatic carbocycles. The zero-order valence-corrected chi connectivity index (χ0v) is 11.9. The normalized spacial score (nSPS) is 15.5. The summed E-state index contributed by atoms with van der Waals surface area (Å²) in [4.78, 5) is 24.3. The second kappa shape index (κ2) is 5.21. The van der Waals surface area contributed by atoms with Gasteiger partial charge in [0.25, 0.3) is 0 Å². The molecule has 0 radical (unpaired) electrons. The maximum Gasteiger partial charge on any atom is 0.232 e. The average molecular weight is 292 g/mol. The average Bonchev–Trinajstić information content (AvgIpc) is 2.46. The number of ketones is 2. The molecule has 0 saturated carbocycles. The molecule has 0 spiro atoms. The van der Waals surface area contributed by atoms with Gasteiger partial charge in [0.2, 0.25) is 5.78 Å². The topological polar surface area (TPSA) is 104 Å². The van der Waals surface area contributed by atoms with E-state index in [1.54, 1.807) is 6.92 Å². The van der Waals surface area contributed by atoms with Crippen LogP contribution in [0.5, 0.6) is 11.5 Å². The first-order chi connectivity index (χ1) is 9.84. The molecule has 0 aliphatic heterocycles. The van der Waals surface area contributed by atoms with Crippen LogP contribution < -0.4 is 0 Å². The molecule has 0 saturated heterocycles. The highest BCUT2D eigenvalue weighted by molar-refractivity contribution is 6.26. The first-order valence-corrected chi connectivity index (χ1v) is 6.46. The van der Waals surface area contributed by atoms with Gasteiger partial charge in [-0.25, -0.2) is 0 Å². The van der Waals surface area contributed by atoms with Crippen LogP contribution in [0, 0.1) is 6.92 Å². The summed E-state index contributed by atoms with van der Waals surface area (Å²) < 4.78 is 4.82. The molecule has 0 fully saturated rings. The van der Waals surface area contributed by atoms with Crippen LogP contribution >= 0.6 is 0 Å². The van der Waals surface area contributed by atoms with Gasteiger partial charge in [-0.2, -0.15) is 0 Å². The van der Waals surface area contributed by atoms with Gasteiger partial charge >= 0.3 is 0 Å². The van der Waals surface area contributed by atoms with E-state index in [1.165, 1.54) is 14.0 Å². The number of rotatable bonds is 3. The zero-order valence-electron chi connectivity index (χ0n) is 11.9. The van der Waals surface area contributed by atoms with Gasteiger partial charge in [-0.15, -0.1) is 0 Å². The van der Waals surface area contributed by atoms with E-state index in [-0.39, 0.29) is 34.4 Å². The minimum absolute atomic E-state index is 0.0484. The van der Waals surface area contributed by atoms with Crippen LogP contribution in [0.1, 0.15) is 51.3 Å². The van der Waals surface area contributed by atoms with Crippen LogP contribution in [0.15, 0.2) is 11.8 Å². The van der Waals surface area contributed by atoms with E-state index in [2.05, 4.69) is 0 Å². The van der Waals surface area contributed by atoms with Gasteiger partial charge in [0.1, 0.15) is 11.5 Å². The number of aliphatic hydroxyl groups is 1. The number of methoxy groups -OCH3 is 1. The van der Waals surface area contributed by atoms with Gasteiger partial charge in [0.15, 0.2) is 11.5 Å². The maximum atomic E-state index is 12.2. The lowest BCUT2D eigenvalue weighted by molar-refractivity contribution is 0.0910. The Morgan fingerprint density at radius 2 is 1.81 bits per heavy atom. The van der Waals surface area contributed by atoms with Crippen LogP contribution in [0.2, 0.25) is 0 Å². The predicted octanol–water partition coefficient (Wildman–Crippen LogP) is 1.76. The minimum Gasteiger partial charge on any atom is -0.507 e. The van der Waals surface area contributed by atoms with E-state index in [4.69, 9.17) is 4.74 Å². The van der Waals surface area contributed by atoms with Gasteiger partial charge in [0.05, 0.1) is 24.3 Å². The van der Waals surface area contributed by atoms with E-state index >= 15 is 0 Å². The number of hydrogen-bond acceptors (Lipinski definition) is 6. The van der Waals surface area contributed by atoms with E-state index < -0.39 is 29.2 Å². The van der Waals surface area contributed by atoms with Crippen molar-refractivity contribution in [1.82, 2.24) is 0 Å². The molecule has 0 heterocycles. The molecule has 0 bridgehead atoms. The predicted molar refractivity (Wildman–Crippen MR) is 73.5 cm³/mol. The molecular formula is C15H16O6. The number of ether oxygens (including phenoxy) is 1. The molecule has 6 heteroatoms. The molecule has 1 aromatic carbocycles. The van der Waals surface area contributed by atoms with E-state index in [1.807, 2.05) is 0 Å². The van der Waals surface area contributed by atoms with Crippen LogP contribution in [-0.2, 0) is 4.74 Å². The van der Waals surface area contributed by atoms with Gasteiger partial charge < -0.3 is 20.1 Å². The summed E-state index contributed by atoms with van der Waals surface area (Å²) in [5.74, 6) is -2.45. The van der Waals surface area contributed by atoms with Crippen molar-refractivity contribution in [2.24, 2.45) is 0 Å². The van der Waals surface area contributed by atoms with Crippen LogP contribution in [0.4, 0.5) is 0 Å². The first-order valence-electron chi connectivity index (χ1n) is 6.46. The molecule has 112 valence electrons. The van der Waals surface area contributed by atoms with Crippen molar-refractivity contribution < 1.29 is 29.6 Å². The van der Waals surface area contributed by atoms with E-state index in [0.29, 0.717) is 0 Å². The van der Waals surface area contributed by atoms with Crippen molar-refractivity contribution in [3.05, 3.63) is 34.1 Å². The molecule has 3 N–H and O–H groups in total. The van der Waals surface area contributed by atoms with Crippen molar-refractivity contribution in [1.29, 1.82) is 0 Å². The number of fused-ring (bicyclic) bond motifs is 1. The van der Waals surface area contributed by atoms with Crippen molar-refractivity contribution in [3.8, 4) is 11.5 Å². The Morgan fingerprint density at radius 3 is 2.33 bits per heavy atom. The van der Waals surface area contributed by atoms with Gasteiger partial charge in [0, 0.05) is 17.2 Å². The third-order valence-electron chi connectivity index (χ3n) is 3.64. The SMILES string of the molecule is CCC(O)c1c(C)c(O)c2c(c1O)C(=O)C(OC)=CC2=O. The summed E-state index contributed by atoms with van der Waals surface area (Å²) in [6, 6.07) is 0. The number of carbonyl (C=O) groups excluding carboxylic acids is 2. The van der Waals surface area contributed by atoms with Crippen molar-refractivity contribution >= 4 is 11.6 Å². The number of carbonyl (C=O) groups is 2. The fourth-order valence-corrected chi connectivity index (χ4v) is 2.47. The quantitative estimate of drug-likeness (QED) is 0.733. The molecule has 0 amide bonds. The molecule has 1 unspecified atom stereocenters. The highest BCUT2D eigenvalue weighted by atomic mass is 16.5. The standard InChI is InChI=1S/C15H16O6/c1-4-7(16)10-6(2)13(18)11-8(17)5-9(21-3)14(19)12(11)15(10)20/h5,7,16,18,20H,4H2,1-3H3. The monoisotopic (exact) mass is 292 g/mol. The number of phenolic OH excluding ortho intramolecular Hbond substituents is 2. The van der Waals surface area contributed by atoms with Gasteiger partial charge in [-0.3, -0.25) is 9.59 Å². The number of benzene rings is 1. The summed E-state index contributed by atoms with van der Waals surface area (Å²) in [6.45, 7) is 3.16. The smallest absolute Gasteiger partial charge is 0.232 e. The number of aliphatic hydroxyl groups excluding tert-OH is 1. The van der Waals surface area contributed by atoms with Crippen LogP contribution in [0.25, 0.3) is 0 Å². The zero-order chi connectivity index (χ0) is 15.9. The Kier molecular flexibility index (Phi) is 3.74. The fraction of sp³-hybridized carbons (Fsp3) is 0.333. The van der Waals surface area contributed by atoms with Crippen molar-refractivity contribution in [2.45, 2.75) is 26.4 Å². The molecule has 6 nitrogen and oxygen atoms in total. The molecule has 1 atom stereocenters. The number of phenols is 2. The highest BCUT2D eigenvalue weighted by Crippen LogP contribution is 2.43. The maximum absolute atomic E-state index is 12.2. The second-order valence-corrected chi connectivity index (χ2v) is 4.82. The largest absolute Gasteiger partial charge is 0.507 e. The lowest BCUT2D eigenvalue weighted by atomic mass is 9.85. The Labute approximate surface area is 121 Å². The summed E-state index contributed by atoms with van der Waals surface area (Å²) in [5, 5.41) is 30.5. The van der Waals surface area contributed by atoms with Crippen LogP contribution in [0.3, 0.4) is 0 Å². The van der Waals surface area contributed by atoms with Crippen LogP contribution in [-0.4, -0.2) is 34.0 Å². The fourth-order valence-electron chi connectivity index (χ4n) is 2.47. The number of Topliss-reactive ketones (excluding diaryl/α,β-unsaturated/α-hetero) is 1. The number of aromatic hydroxyl groups is 2. The molecule has 21 heavy (non-hydrogen) atoms. The number of hydrogen-bond donors (Lipinski definition) is 3. The molecule has 1 aromatic rings. The van der Waals surface area contributed by atoms with Crippen molar-refractivity contribution in [2.75, 3.05) is 7.11 Å². The minimum atomic E-state index is -1.05. The molecule has 2 rings (SSSR count). The van der Waals surface area contributed by atoms with Gasteiger partial charge in [-0.05, 0) is 13.3 Å². The molecule has 0 aromatic heterocycles. The molecular weight excluding hydrogens is 276 g/mol. The second-order valence-electron chi connectivity index (χ2n) is 4.82. The Morgan fingerprint density at radius 1 is 1.19 bits per heavy atom. The third kappa shape index (κ3) is 2.08. The lowest BCUT2D eigenvalue weighted by Gasteiger charge is -2.22. The van der Waals surface area contributed by atoms with E-state index in [0.717, 1.165) is 6.08 Å². The Hall–Kier alpha value is -2.34. The third-order valence-corrected chi connectivity index (χ3v) is 3.64. The van der Waals surface area contributed by atoms with E-state index in [9.17, 15) is 24.9 Å². The lowest BCUT2D eigenvalue weighted by Crippen LogP contribution is -2.20. The van der Waals surface area contributed by atoms with Gasteiger partial charge in [-0.1, -0.05) is 6.92 Å².